The maximum absolute atomic E-state index is 12.0. The summed E-state index contributed by atoms with van der Waals surface area (Å²) in [6.07, 6.45) is -2.19. The van der Waals surface area contributed by atoms with Crippen LogP contribution in [-0.4, -0.2) is 67.9 Å². The summed E-state index contributed by atoms with van der Waals surface area (Å²) in [7, 11) is 0. The Hall–Kier alpha value is -2.12. The van der Waals surface area contributed by atoms with Gasteiger partial charge < -0.3 is 36.9 Å². The number of nitrogens with two attached hydrogens (primary N) is 1. The van der Waals surface area contributed by atoms with Crippen LogP contribution < -0.4 is 17.2 Å². The van der Waals surface area contributed by atoms with E-state index < -0.39 is 42.6 Å². The quantitative estimate of drug-likeness (QED) is 0.225. The molecule has 12 heteroatoms. The van der Waals surface area contributed by atoms with Gasteiger partial charge in [0.25, 0.3) is 5.91 Å². The van der Waals surface area contributed by atoms with Crippen molar-refractivity contribution < 1.29 is 40.7 Å². The summed E-state index contributed by atoms with van der Waals surface area (Å²) in [5, 5.41) is 23.8. The zero-order valence-corrected chi connectivity index (χ0v) is 13.7. The van der Waals surface area contributed by atoms with Gasteiger partial charge in [0.1, 0.15) is 18.5 Å². The van der Waals surface area contributed by atoms with E-state index in [1.807, 2.05) is 0 Å². The highest BCUT2D eigenvalue weighted by atomic mass is 16.7. The maximum atomic E-state index is 12.0. The molecule has 2 heterocycles. The van der Waals surface area contributed by atoms with Gasteiger partial charge in [0, 0.05) is 6.42 Å². The number of hydrogen-bond donors (Lipinski definition) is 5. The third-order valence-corrected chi connectivity index (χ3v) is 3.80. The summed E-state index contributed by atoms with van der Waals surface area (Å²) in [6, 6.07) is -0.619. The maximum Gasteiger partial charge on any atom is 0.367 e. The number of carbonyl (C=O) groups excluding carboxylic acids is 2. The predicted octanol–water partition coefficient (Wildman–Crippen LogP) is -4.48. The molecule has 12 nitrogen and oxygen atoms in total. The van der Waals surface area contributed by atoms with Gasteiger partial charge in [0.2, 0.25) is 12.1 Å². The van der Waals surface area contributed by atoms with Crippen molar-refractivity contribution in [3.63, 3.8) is 0 Å². The molecule has 0 radical (unpaired) electrons. The summed E-state index contributed by atoms with van der Waals surface area (Å²) in [5.41, 5.74) is 12.5. The van der Waals surface area contributed by atoms with Crippen LogP contribution in [0.3, 0.4) is 0 Å². The minimum atomic E-state index is -1.48. The van der Waals surface area contributed by atoms with E-state index in [0.717, 1.165) is 30.4 Å². The van der Waals surface area contributed by atoms with Crippen LogP contribution in [0.4, 0.5) is 0 Å². The Balaban J connectivity index is 1.96. The number of aromatic nitrogens is 3. The first-order valence-electron chi connectivity index (χ1n) is 7.90. The normalized spacial score (nSPS) is 27.2. The van der Waals surface area contributed by atoms with E-state index in [1.54, 1.807) is 0 Å². The number of unbranched alkanes of at least 4 members (excludes halogenated alkanes) is 1. The van der Waals surface area contributed by atoms with Gasteiger partial charge >= 0.3 is 5.97 Å². The Kier molecular flexibility index (Phi) is 6.39. The van der Waals surface area contributed by atoms with E-state index in [-0.39, 0.29) is 5.82 Å². The van der Waals surface area contributed by atoms with Crippen LogP contribution in [0.15, 0.2) is 6.33 Å². The molecule has 5 atom stereocenters. The second-order valence-corrected chi connectivity index (χ2v) is 5.77. The molecule has 0 aliphatic carbocycles. The van der Waals surface area contributed by atoms with Gasteiger partial charge in [-0.05, 0) is 12.8 Å². The Morgan fingerprint density at radius 3 is 2.72 bits per heavy atom. The lowest BCUT2D eigenvalue weighted by atomic mass is 10.1. The predicted molar refractivity (Wildman–Crippen MR) is 78.8 cm³/mol. The van der Waals surface area contributed by atoms with E-state index in [4.69, 9.17) is 15.2 Å². The molecular formula is C13H24N6O6+2. The van der Waals surface area contributed by atoms with Crippen molar-refractivity contribution in [3.05, 3.63) is 12.2 Å². The number of aliphatic hydroxyl groups is 2. The molecule has 2 unspecified atom stereocenters. The Morgan fingerprint density at radius 2 is 2.12 bits per heavy atom. The summed E-state index contributed by atoms with van der Waals surface area (Å²) < 4.78 is 11.5. The fraction of sp³-hybridized carbons (Fsp3) is 0.692. The first kappa shape index (κ1) is 19.2. The Bertz CT molecular complexity index is 610. The molecule has 25 heavy (non-hydrogen) atoms. The standard InChI is InChI=1S/C13H22N6O6/c14-4-2-1-3-6(15)12(23)25-13-8(21)7(20)11(24-13)19-5-17-10(18-19)9(16)22/h5-8,11,13,20-21H,1-4,14-15H2,(H2,16,22)/p+2/t6-,7+,8?,11?,13+/m0/s1. The topological polar surface area (TPSA) is 205 Å². The summed E-state index contributed by atoms with van der Waals surface area (Å²) >= 11 is 0. The van der Waals surface area contributed by atoms with Crippen LogP contribution in [0.2, 0.25) is 0 Å². The molecule has 0 spiro atoms. The van der Waals surface area contributed by atoms with Crippen molar-refractivity contribution in [2.24, 2.45) is 5.73 Å². The summed E-state index contributed by atoms with van der Waals surface area (Å²) in [6.45, 7) is 0.769. The lowest BCUT2D eigenvalue weighted by molar-refractivity contribution is -0.413. The number of hydrogen-bond acceptors (Lipinski definition) is 8. The Labute approximate surface area is 142 Å². The largest absolute Gasteiger partial charge is 0.428 e. The highest BCUT2D eigenvalue weighted by molar-refractivity contribution is 5.88. The monoisotopic (exact) mass is 360 g/mol. The lowest BCUT2D eigenvalue weighted by Crippen LogP contribution is -2.65. The third kappa shape index (κ3) is 4.49. The fourth-order valence-corrected chi connectivity index (χ4v) is 2.35. The molecule has 1 amide bonds. The van der Waals surface area contributed by atoms with Crippen LogP contribution >= 0.6 is 0 Å². The van der Waals surface area contributed by atoms with Gasteiger partial charge in [-0.15, -0.1) is 5.10 Å². The Morgan fingerprint density at radius 1 is 1.40 bits per heavy atom. The first-order chi connectivity index (χ1) is 11.8. The summed E-state index contributed by atoms with van der Waals surface area (Å²) in [4.78, 5) is 26.7. The summed E-state index contributed by atoms with van der Waals surface area (Å²) in [5.74, 6) is -1.76. The van der Waals surface area contributed by atoms with Gasteiger partial charge in [0.05, 0.1) is 6.54 Å². The van der Waals surface area contributed by atoms with Crippen LogP contribution in [0.1, 0.15) is 36.1 Å². The van der Waals surface area contributed by atoms with E-state index in [1.165, 1.54) is 0 Å². The molecule has 0 bridgehead atoms. The van der Waals surface area contributed by atoms with Crippen molar-refractivity contribution in [2.45, 2.75) is 50.0 Å². The van der Waals surface area contributed by atoms with Gasteiger partial charge in [-0.3, -0.25) is 4.79 Å². The average Bonchev–Trinajstić information content (AvgIpc) is 3.16. The zero-order chi connectivity index (χ0) is 18.6. The lowest BCUT2D eigenvalue weighted by Gasteiger charge is -2.16. The van der Waals surface area contributed by atoms with Crippen LogP contribution in [0, 0.1) is 0 Å². The molecule has 1 aromatic heterocycles. The minimum Gasteiger partial charge on any atom is -0.428 e. The SMILES string of the molecule is NC(=O)c1ncn(C2O[C@H](OC(=O)[C@@H]([NH3+])CCCC[NH3+])C(O)[C@H]2O)n1. The number of carbonyl (C=O) groups is 2. The molecule has 140 valence electrons. The number of quaternary nitrogens is 2. The van der Waals surface area contributed by atoms with Gasteiger partial charge in [-0.25, -0.2) is 14.5 Å². The van der Waals surface area contributed by atoms with Gasteiger partial charge in [0.15, 0.2) is 12.3 Å². The van der Waals surface area contributed by atoms with Gasteiger partial charge in [-0.1, -0.05) is 0 Å². The molecule has 1 aromatic rings. The molecule has 1 aliphatic rings. The second kappa shape index (κ2) is 8.31. The molecule has 1 aliphatic heterocycles. The minimum absolute atomic E-state index is 0.269. The number of amides is 1. The van der Waals surface area contributed by atoms with Crippen molar-refractivity contribution >= 4 is 11.9 Å². The van der Waals surface area contributed by atoms with E-state index in [0.29, 0.717) is 6.42 Å². The second-order valence-electron chi connectivity index (χ2n) is 5.77. The fourth-order valence-electron chi connectivity index (χ4n) is 2.35. The van der Waals surface area contributed by atoms with Crippen molar-refractivity contribution in [1.29, 1.82) is 0 Å². The van der Waals surface area contributed by atoms with Crippen molar-refractivity contribution in [3.8, 4) is 0 Å². The number of ether oxygens (including phenoxy) is 2. The zero-order valence-electron chi connectivity index (χ0n) is 13.7. The highest BCUT2D eigenvalue weighted by Gasteiger charge is 2.47. The molecular weight excluding hydrogens is 336 g/mol. The van der Waals surface area contributed by atoms with E-state index in [9.17, 15) is 19.8 Å². The molecule has 10 N–H and O–H groups in total. The number of primary amides is 1. The van der Waals surface area contributed by atoms with Crippen molar-refractivity contribution in [2.75, 3.05) is 6.54 Å². The molecule has 0 saturated carbocycles. The molecule has 1 fully saturated rings. The number of aliphatic hydroxyl groups excluding tert-OH is 2. The number of nitrogens with zero attached hydrogens (tertiary/aromatic N) is 3. The van der Waals surface area contributed by atoms with E-state index >= 15 is 0 Å². The van der Waals surface area contributed by atoms with Crippen LogP contribution in [-0.2, 0) is 14.3 Å². The molecule has 2 rings (SSSR count). The average molecular weight is 360 g/mol. The third-order valence-electron chi connectivity index (χ3n) is 3.80. The highest BCUT2D eigenvalue weighted by Crippen LogP contribution is 2.29. The van der Waals surface area contributed by atoms with Gasteiger partial charge in [-0.2, -0.15) is 0 Å². The van der Waals surface area contributed by atoms with Crippen LogP contribution in [0.5, 0.6) is 0 Å². The number of rotatable bonds is 8. The van der Waals surface area contributed by atoms with Crippen LogP contribution in [0.25, 0.3) is 0 Å². The first-order valence-corrected chi connectivity index (χ1v) is 7.90. The molecule has 1 saturated heterocycles. The van der Waals surface area contributed by atoms with Crippen molar-refractivity contribution in [1.82, 2.24) is 14.8 Å². The smallest absolute Gasteiger partial charge is 0.367 e. The van der Waals surface area contributed by atoms with E-state index in [2.05, 4.69) is 21.5 Å². The molecule has 0 aromatic carbocycles. The number of esters is 1.